The first-order valence-corrected chi connectivity index (χ1v) is 6.41. The Kier molecular flexibility index (Phi) is 4.42. The zero-order chi connectivity index (χ0) is 18.1. The summed E-state index contributed by atoms with van der Waals surface area (Å²) >= 11 is 0. The molecule has 0 aliphatic rings. The second kappa shape index (κ2) is 6.03. The smallest absolute Gasteiger partial charge is 0.299 e. The fourth-order valence-corrected chi connectivity index (χ4v) is 2.10. The Bertz CT molecular complexity index is 858. The predicted molar refractivity (Wildman–Crippen MR) is 71.0 cm³/mol. The Morgan fingerprint density at radius 3 is 2.21 bits per heavy atom. The van der Waals surface area contributed by atoms with E-state index in [1.807, 2.05) is 0 Å². The van der Waals surface area contributed by atoms with Crippen LogP contribution in [0, 0.1) is 11.3 Å². The van der Waals surface area contributed by atoms with E-state index in [4.69, 9.17) is 5.26 Å². The van der Waals surface area contributed by atoms with Crippen LogP contribution >= 0.6 is 0 Å². The van der Waals surface area contributed by atoms with Crippen LogP contribution in [0.4, 0.5) is 26.3 Å². The molecule has 24 heavy (non-hydrogen) atoms. The average molecular weight is 346 g/mol. The Morgan fingerprint density at radius 2 is 1.67 bits per heavy atom. The summed E-state index contributed by atoms with van der Waals surface area (Å²) in [6.45, 7) is -0.743. The second-order valence-electron chi connectivity index (χ2n) is 4.83. The average Bonchev–Trinajstić information content (AvgIpc) is 2.47. The third kappa shape index (κ3) is 3.59. The van der Waals surface area contributed by atoms with Crippen LogP contribution in [0.15, 0.2) is 41.2 Å². The van der Waals surface area contributed by atoms with E-state index in [0.29, 0.717) is 12.1 Å². The molecule has 9 heteroatoms. The first-order chi connectivity index (χ1) is 11.0. The molecule has 126 valence electrons. The van der Waals surface area contributed by atoms with Crippen molar-refractivity contribution >= 4 is 0 Å². The number of rotatable bonds is 2. The third-order valence-electron chi connectivity index (χ3n) is 3.18. The summed E-state index contributed by atoms with van der Waals surface area (Å²) in [5, 5.41) is 8.76. The maximum atomic E-state index is 13.0. The Hall–Kier alpha value is -2.76. The molecule has 0 radical (unpaired) electrons. The summed E-state index contributed by atoms with van der Waals surface area (Å²) in [6.07, 6.45) is -9.56. The Labute approximate surface area is 131 Å². The van der Waals surface area contributed by atoms with Crippen molar-refractivity contribution in [1.82, 2.24) is 4.57 Å². The normalized spacial score (nSPS) is 12.0. The summed E-state index contributed by atoms with van der Waals surface area (Å²) in [7, 11) is 0. The van der Waals surface area contributed by atoms with Gasteiger partial charge in [-0.25, -0.2) is 0 Å². The van der Waals surface area contributed by atoms with Crippen LogP contribution in [-0.4, -0.2) is 4.57 Å². The van der Waals surface area contributed by atoms with E-state index < -0.39 is 41.3 Å². The Morgan fingerprint density at radius 1 is 1.00 bits per heavy atom. The molecule has 0 saturated heterocycles. The van der Waals surface area contributed by atoms with Gasteiger partial charge >= 0.3 is 12.4 Å². The number of pyridine rings is 1. The number of hydrogen-bond donors (Lipinski definition) is 0. The molecule has 3 nitrogen and oxygen atoms in total. The van der Waals surface area contributed by atoms with Crippen LogP contribution in [0.3, 0.4) is 0 Å². The molecule has 0 fully saturated rings. The maximum absolute atomic E-state index is 13.0. The lowest BCUT2D eigenvalue weighted by Crippen LogP contribution is -2.30. The number of hydrogen-bond acceptors (Lipinski definition) is 2. The molecule has 0 saturated carbocycles. The minimum absolute atomic E-state index is 0.146. The molecule has 0 N–H and O–H groups in total. The van der Waals surface area contributed by atoms with Gasteiger partial charge in [0.05, 0.1) is 12.1 Å². The molecule has 0 bridgehead atoms. The third-order valence-corrected chi connectivity index (χ3v) is 3.18. The van der Waals surface area contributed by atoms with Gasteiger partial charge in [0.15, 0.2) is 0 Å². The summed E-state index contributed by atoms with van der Waals surface area (Å²) in [5.74, 6) is 0. The van der Waals surface area contributed by atoms with Crippen molar-refractivity contribution in [3.8, 4) is 6.07 Å². The first kappa shape index (κ1) is 17.6. The highest BCUT2D eigenvalue weighted by atomic mass is 19.4. The molecular weight excluding hydrogens is 338 g/mol. The van der Waals surface area contributed by atoms with Gasteiger partial charge in [0.25, 0.3) is 5.56 Å². The molecule has 0 unspecified atom stereocenters. The summed E-state index contributed by atoms with van der Waals surface area (Å²) < 4.78 is 77.3. The van der Waals surface area contributed by atoms with Crippen molar-refractivity contribution in [2.75, 3.05) is 0 Å². The highest BCUT2D eigenvalue weighted by Gasteiger charge is 2.35. The standard InChI is InChI=1S/C15H8F6N2O/c16-14(17,18)11-3-1-2-9(6-11)8-23-12(15(19,20)21)5-4-10(7-22)13(23)24/h1-6H,8H2. The van der Waals surface area contributed by atoms with Crippen LogP contribution in [0.1, 0.15) is 22.4 Å². The molecule has 0 atom stereocenters. The first-order valence-electron chi connectivity index (χ1n) is 6.41. The molecule has 1 aromatic carbocycles. The van der Waals surface area contributed by atoms with E-state index >= 15 is 0 Å². The quantitative estimate of drug-likeness (QED) is 0.777. The molecule has 2 rings (SSSR count). The van der Waals surface area contributed by atoms with Gasteiger partial charge in [-0.15, -0.1) is 0 Å². The number of nitrogens with zero attached hydrogens (tertiary/aromatic N) is 2. The van der Waals surface area contributed by atoms with Gasteiger partial charge in [0, 0.05) is 0 Å². The summed E-state index contributed by atoms with van der Waals surface area (Å²) in [4.78, 5) is 12.0. The van der Waals surface area contributed by atoms with E-state index in [1.54, 1.807) is 0 Å². The van der Waals surface area contributed by atoms with Crippen molar-refractivity contribution < 1.29 is 26.3 Å². The van der Waals surface area contributed by atoms with Crippen molar-refractivity contribution in [2.45, 2.75) is 18.9 Å². The van der Waals surface area contributed by atoms with Gasteiger partial charge in [0.2, 0.25) is 0 Å². The molecular formula is C15H8F6N2O. The molecule has 1 heterocycles. The monoisotopic (exact) mass is 346 g/mol. The van der Waals surface area contributed by atoms with Crippen LogP contribution < -0.4 is 5.56 Å². The lowest BCUT2D eigenvalue weighted by Gasteiger charge is -2.16. The number of aromatic nitrogens is 1. The molecule has 1 aromatic heterocycles. The fourth-order valence-electron chi connectivity index (χ4n) is 2.10. The lowest BCUT2D eigenvalue weighted by molar-refractivity contribution is -0.144. The van der Waals surface area contributed by atoms with Crippen LogP contribution in [-0.2, 0) is 18.9 Å². The van der Waals surface area contributed by atoms with Gasteiger partial charge < -0.3 is 0 Å². The predicted octanol–water partition coefficient (Wildman–Crippen LogP) is 3.81. The van der Waals surface area contributed by atoms with Gasteiger partial charge in [0.1, 0.15) is 17.3 Å². The van der Waals surface area contributed by atoms with Crippen molar-refractivity contribution in [1.29, 1.82) is 5.26 Å². The van der Waals surface area contributed by atoms with Crippen molar-refractivity contribution in [3.05, 3.63) is 69.1 Å². The topological polar surface area (TPSA) is 45.8 Å². The maximum Gasteiger partial charge on any atom is 0.431 e. The minimum Gasteiger partial charge on any atom is -0.299 e. The van der Waals surface area contributed by atoms with Crippen LogP contribution in [0.25, 0.3) is 0 Å². The summed E-state index contributed by atoms with van der Waals surface area (Å²) in [6, 6.07) is 6.36. The van der Waals surface area contributed by atoms with E-state index in [0.717, 1.165) is 18.2 Å². The minimum atomic E-state index is -4.89. The van der Waals surface area contributed by atoms with Crippen molar-refractivity contribution in [3.63, 3.8) is 0 Å². The van der Waals surface area contributed by atoms with Gasteiger partial charge in [-0.1, -0.05) is 12.1 Å². The van der Waals surface area contributed by atoms with E-state index in [1.165, 1.54) is 12.1 Å². The summed E-state index contributed by atoms with van der Waals surface area (Å²) in [5.41, 5.74) is -4.28. The van der Waals surface area contributed by atoms with E-state index in [2.05, 4.69) is 0 Å². The van der Waals surface area contributed by atoms with Crippen LogP contribution in [0.2, 0.25) is 0 Å². The van der Waals surface area contributed by atoms with Gasteiger partial charge in [-0.05, 0) is 29.8 Å². The second-order valence-corrected chi connectivity index (χ2v) is 4.83. The lowest BCUT2D eigenvalue weighted by atomic mass is 10.1. The molecule has 0 aliphatic heterocycles. The largest absolute Gasteiger partial charge is 0.431 e. The molecule has 0 aliphatic carbocycles. The SMILES string of the molecule is N#Cc1ccc(C(F)(F)F)n(Cc2cccc(C(F)(F)F)c2)c1=O. The molecule has 2 aromatic rings. The highest BCUT2D eigenvalue weighted by molar-refractivity contribution is 5.31. The zero-order valence-electron chi connectivity index (χ0n) is 11.7. The van der Waals surface area contributed by atoms with Gasteiger partial charge in [-0.3, -0.25) is 9.36 Å². The fraction of sp³-hybridized carbons (Fsp3) is 0.200. The number of halogens is 6. The Balaban J connectivity index is 2.58. The number of nitriles is 1. The van der Waals surface area contributed by atoms with Gasteiger partial charge in [-0.2, -0.15) is 31.6 Å². The van der Waals surface area contributed by atoms with Crippen LogP contribution in [0.5, 0.6) is 0 Å². The molecule has 0 amide bonds. The molecule has 0 spiro atoms. The van der Waals surface area contributed by atoms with E-state index in [-0.39, 0.29) is 10.1 Å². The highest BCUT2D eigenvalue weighted by Crippen LogP contribution is 2.31. The zero-order valence-corrected chi connectivity index (χ0v) is 11.7. The van der Waals surface area contributed by atoms with Crippen molar-refractivity contribution in [2.24, 2.45) is 0 Å². The number of benzene rings is 1. The number of alkyl halides is 6. The van der Waals surface area contributed by atoms with E-state index in [9.17, 15) is 31.1 Å².